The highest BCUT2D eigenvalue weighted by atomic mass is 32.2. The zero-order valence-corrected chi connectivity index (χ0v) is 13.4. The van der Waals surface area contributed by atoms with Crippen molar-refractivity contribution in [1.82, 2.24) is 25.4 Å². The smallest absolute Gasteiger partial charge is 0.329 e. The second kappa shape index (κ2) is 6.61. The summed E-state index contributed by atoms with van der Waals surface area (Å²) in [5.74, 6) is 0.588. The highest BCUT2D eigenvalue weighted by molar-refractivity contribution is 7.99. The van der Waals surface area contributed by atoms with Crippen LogP contribution in [-0.4, -0.2) is 45.2 Å². The van der Waals surface area contributed by atoms with Gasteiger partial charge in [-0.15, -0.1) is 10.2 Å². The van der Waals surface area contributed by atoms with Gasteiger partial charge in [0, 0.05) is 12.0 Å². The van der Waals surface area contributed by atoms with Crippen LogP contribution >= 0.6 is 11.8 Å². The SMILES string of the molecule is O=C(CSc1nnc(C2CC2)n1C1CC1)NC(=O)NCC(F)(F)F. The fourth-order valence-electron chi connectivity index (χ4n) is 2.20. The third-order valence-electron chi connectivity index (χ3n) is 3.58. The van der Waals surface area contributed by atoms with Crippen molar-refractivity contribution in [3.8, 4) is 0 Å². The van der Waals surface area contributed by atoms with Crippen LogP contribution in [0, 0.1) is 0 Å². The number of hydrogen-bond acceptors (Lipinski definition) is 5. The molecular formula is C13H16F3N5O2S. The van der Waals surface area contributed by atoms with Gasteiger partial charge in [-0.2, -0.15) is 13.2 Å². The van der Waals surface area contributed by atoms with Gasteiger partial charge in [0.1, 0.15) is 12.4 Å². The molecule has 1 aromatic heterocycles. The van der Waals surface area contributed by atoms with E-state index in [1.807, 2.05) is 5.32 Å². The summed E-state index contributed by atoms with van der Waals surface area (Å²) < 4.78 is 38.0. The summed E-state index contributed by atoms with van der Waals surface area (Å²) in [6.45, 7) is -1.49. The number of amides is 3. The first-order valence-corrected chi connectivity index (χ1v) is 8.54. The minimum atomic E-state index is -4.52. The van der Waals surface area contributed by atoms with Crippen LogP contribution < -0.4 is 10.6 Å². The molecule has 0 bridgehead atoms. The van der Waals surface area contributed by atoms with E-state index in [-0.39, 0.29) is 5.75 Å². The maximum Gasteiger partial charge on any atom is 0.405 e. The first kappa shape index (κ1) is 17.1. The maximum atomic E-state index is 12.0. The quantitative estimate of drug-likeness (QED) is 0.755. The second-order valence-electron chi connectivity index (χ2n) is 5.85. The highest BCUT2D eigenvalue weighted by Crippen LogP contribution is 2.45. The van der Waals surface area contributed by atoms with Crippen molar-refractivity contribution in [2.24, 2.45) is 0 Å². The number of halogens is 3. The van der Waals surface area contributed by atoms with Gasteiger partial charge in [-0.25, -0.2) is 4.79 Å². The van der Waals surface area contributed by atoms with Crippen molar-refractivity contribution in [3.63, 3.8) is 0 Å². The van der Waals surface area contributed by atoms with Gasteiger partial charge in [-0.3, -0.25) is 10.1 Å². The van der Waals surface area contributed by atoms with Crippen LogP contribution in [0.1, 0.15) is 43.5 Å². The van der Waals surface area contributed by atoms with Crippen molar-refractivity contribution in [2.45, 2.75) is 49.0 Å². The standard InChI is InChI=1S/C13H16F3N5O2S/c14-13(15,16)6-17-11(23)18-9(22)5-24-12-20-19-10(7-1-2-7)21(12)8-3-4-8/h7-8H,1-6H2,(H2,17,18,22,23). The molecule has 1 aromatic rings. The molecule has 0 unspecified atom stereocenters. The number of carbonyl (C=O) groups excluding carboxylic acids is 2. The maximum absolute atomic E-state index is 12.0. The van der Waals surface area contributed by atoms with Crippen LogP contribution in [0.3, 0.4) is 0 Å². The van der Waals surface area contributed by atoms with E-state index in [4.69, 9.17) is 0 Å². The van der Waals surface area contributed by atoms with E-state index in [1.54, 1.807) is 5.32 Å². The molecule has 0 saturated heterocycles. The van der Waals surface area contributed by atoms with Crippen LogP contribution in [0.2, 0.25) is 0 Å². The van der Waals surface area contributed by atoms with Gasteiger partial charge in [-0.05, 0) is 25.7 Å². The monoisotopic (exact) mass is 363 g/mol. The third kappa shape index (κ3) is 4.62. The predicted molar refractivity (Wildman–Crippen MR) is 78.6 cm³/mol. The topological polar surface area (TPSA) is 88.9 Å². The Bertz CT molecular complexity index is 640. The summed E-state index contributed by atoms with van der Waals surface area (Å²) in [5.41, 5.74) is 0. The molecule has 11 heteroatoms. The summed E-state index contributed by atoms with van der Waals surface area (Å²) in [4.78, 5) is 22.9. The first-order chi connectivity index (χ1) is 11.3. The molecule has 0 aromatic carbocycles. The van der Waals surface area contributed by atoms with Crippen molar-refractivity contribution in [2.75, 3.05) is 12.3 Å². The van der Waals surface area contributed by atoms with E-state index in [1.165, 1.54) is 0 Å². The molecule has 3 amide bonds. The molecule has 0 atom stereocenters. The number of rotatable bonds is 6. The van der Waals surface area contributed by atoms with Crippen LogP contribution in [0.15, 0.2) is 5.16 Å². The fraction of sp³-hybridized carbons (Fsp3) is 0.692. The fourth-order valence-corrected chi connectivity index (χ4v) is 3.01. The Labute approximate surface area is 139 Å². The van der Waals surface area contributed by atoms with E-state index < -0.39 is 24.7 Å². The Morgan fingerprint density at radius 2 is 1.92 bits per heavy atom. The number of nitrogens with one attached hydrogen (secondary N) is 2. The largest absolute Gasteiger partial charge is 0.405 e. The Balaban J connectivity index is 1.49. The molecule has 3 rings (SSSR count). The Kier molecular flexibility index (Phi) is 4.70. The number of urea groups is 1. The average Bonchev–Trinajstić information content (AvgIpc) is 3.41. The predicted octanol–water partition coefficient (Wildman–Crippen LogP) is 1.97. The van der Waals surface area contributed by atoms with E-state index in [0.29, 0.717) is 17.1 Å². The molecule has 7 nitrogen and oxygen atoms in total. The minimum Gasteiger partial charge on any atom is -0.329 e. The zero-order valence-electron chi connectivity index (χ0n) is 12.6. The van der Waals surface area contributed by atoms with Crippen LogP contribution in [-0.2, 0) is 4.79 Å². The highest BCUT2D eigenvalue weighted by Gasteiger charge is 2.36. The Morgan fingerprint density at radius 3 is 2.50 bits per heavy atom. The molecule has 0 radical (unpaired) electrons. The number of nitrogens with zero attached hydrogens (tertiary/aromatic N) is 3. The minimum absolute atomic E-state index is 0.116. The lowest BCUT2D eigenvalue weighted by molar-refractivity contribution is -0.124. The molecule has 24 heavy (non-hydrogen) atoms. The van der Waals surface area contributed by atoms with Gasteiger partial charge in [-0.1, -0.05) is 11.8 Å². The van der Waals surface area contributed by atoms with E-state index >= 15 is 0 Å². The summed E-state index contributed by atoms with van der Waals surface area (Å²) in [6.07, 6.45) is -0.228. The molecule has 2 aliphatic rings. The van der Waals surface area contributed by atoms with Crippen LogP contribution in [0.4, 0.5) is 18.0 Å². The summed E-state index contributed by atoms with van der Waals surface area (Å²) in [5, 5.41) is 12.4. The van der Waals surface area contributed by atoms with Crippen molar-refractivity contribution in [3.05, 3.63) is 5.82 Å². The Hall–Kier alpha value is -1.78. The number of hydrogen-bond donors (Lipinski definition) is 2. The number of imide groups is 1. The zero-order chi connectivity index (χ0) is 17.3. The van der Waals surface area contributed by atoms with E-state index in [9.17, 15) is 22.8 Å². The molecular weight excluding hydrogens is 347 g/mol. The normalized spacial score (nSPS) is 17.6. The molecule has 132 valence electrons. The lowest BCUT2D eigenvalue weighted by Gasteiger charge is -2.09. The Morgan fingerprint density at radius 1 is 1.21 bits per heavy atom. The van der Waals surface area contributed by atoms with Gasteiger partial charge in [0.25, 0.3) is 0 Å². The molecule has 0 aliphatic heterocycles. The number of alkyl halides is 3. The molecule has 2 fully saturated rings. The van der Waals surface area contributed by atoms with E-state index in [2.05, 4.69) is 14.8 Å². The molecule has 2 N–H and O–H groups in total. The van der Waals surface area contributed by atoms with Gasteiger partial charge >= 0.3 is 12.2 Å². The third-order valence-corrected chi connectivity index (χ3v) is 4.52. The molecule has 2 saturated carbocycles. The first-order valence-electron chi connectivity index (χ1n) is 7.55. The van der Waals surface area contributed by atoms with Crippen molar-refractivity contribution < 1.29 is 22.8 Å². The molecule has 0 spiro atoms. The summed E-state index contributed by atoms with van der Waals surface area (Å²) in [7, 11) is 0. The summed E-state index contributed by atoms with van der Waals surface area (Å²) >= 11 is 1.13. The summed E-state index contributed by atoms with van der Waals surface area (Å²) in [6, 6.07) is -0.795. The van der Waals surface area contributed by atoms with Gasteiger partial charge in [0.05, 0.1) is 5.75 Å². The van der Waals surface area contributed by atoms with Gasteiger partial charge < -0.3 is 9.88 Å². The van der Waals surface area contributed by atoms with Gasteiger partial charge in [0.15, 0.2) is 5.16 Å². The van der Waals surface area contributed by atoms with Crippen molar-refractivity contribution >= 4 is 23.7 Å². The lowest BCUT2D eigenvalue weighted by atomic mass is 10.4. The molecule has 1 heterocycles. The number of aromatic nitrogens is 3. The number of carbonyl (C=O) groups is 2. The van der Waals surface area contributed by atoms with Crippen LogP contribution in [0.5, 0.6) is 0 Å². The van der Waals surface area contributed by atoms with Crippen molar-refractivity contribution in [1.29, 1.82) is 0 Å². The second-order valence-corrected chi connectivity index (χ2v) is 6.79. The van der Waals surface area contributed by atoms with Crippen LogP contribution in [0.25, 0.3) is 0 Å². The van der Waals surface area contributed by atoms with E-state index in [0.717, 1.165) is 43.3 Å². The van der Waals surface area contributed by atoms with Gasteiger partial charge in [0.2, 0.25) is 5.91 Å². The number of thioether (sulfide) groups is 1. The lowest BCUT2D eigenvalue weighted by Crippen LogP contribution is -2.43. The molecule has 2 aliphatic carbocycles. The average molecular weight is 363 g/mol.